The lowest BCUT2D eigenvalue weighted by atomic mass is 9.79. The largest absolute Gasteiger partial charge is 0.292 e. The monoisotopic (exact) mass is 493 g/mol. The van der Waals surface area contributed by atoms with Crippen LogP contribution >= 0.6 is 0 Å². The van der Waals surface area contributed by atoms with Gasteiger partial charge in [0.05, 0.1) is 0 Å². The Labute approximate surface area is 223 Å². The Bertz CT molecular complexity index is 1750. The summed E-state index contributed by atoms with van der Waals surface area (Å²) in [5.41, 5.74) is 6.10. The Kier molecular flexibility index (Phi) is 6.95. The highest BCUT2D eigenvalue weighted by Crippen LogP contribution is 2.30. The molecule has 0 aromatic heterocycles. The van der Waals surface area contributed by atoms with Crippen molar-refractivity contribution in [3.63, 3.8) is 0 Å². The predicted molar refractivity (Wildman–Crippen MR) is 156 cm³/mol. The van der Waals surface area contributed by atoms with Crippen LogP contribution in [0.1, 0.15) is 47.4 Å². The molecule has 1 unspecified atom stereocenters. The standard InChI is InChI=1S/C25H22.C11H9NO/c1-2-7-18(8-3-1)17-21-11-6-10-20-14-15-23-22-12-5-4-9-19(22)13-16-24(23)25(20)21;13-10-7-4-8-12-11(10)9-5-2-1-3-6-9/h1-5,7-10,12-15,21H,6,11,16-17H2;1-6,8H,7H2. The quantitative estimate of drug-likeness (QED) is 0.335. The molecule has 2 aliphatic carbocycles. The minimum atomic E-state index is 0.0914. The fraction of sp³-hybridized carbons (Fsp3) is 0.167. The van der Waals surface area contributed by atoms with Gasteiger partial charge in [-0.25, -0.2) is 0 Å². The Balaban J connectivity index is 0.000000171. The molecular formula is C36H31NO. The Hall–Kier alpha value is -4.30. The zero-order valence-electron chi connectivity index (χ0n) is 21.5. The van der Waals surface area contributed by atoms with Crippen LogP contribution in [0, 0.1) is 10.4 Å². The molecule has 0 fully saturated rings. The van der Waals surface area contributed by atoms with Crippen LogP contribution in [0.3, 0.4) is 0 Å². The van der Waals surface area contributed by atoms with Crippen LogP contribution in [0.5, 0.6) is 0 Å². The Morgan fingerprint density at radius 2 is 1.47 bits per heavy atom. The van der Waals surface area contributed by atoms with E-state index < -0.39 is 0 Å². The van der Waals surface area contributed by atoms with Gasteiger partial charge in [-0.1, -0.05) is 115 Å². The van der Waals surface area contributed by atoms with Gasteiger partial charge in [0.2, 0.25) is 0 Å². The average molecular weight is 494 g/mol. The molecule has 1 heterocycles. The second-order valence-electron chi connectivity index (χ2n) is 10.1. The minimum Gasteiger partial charge on any atom is -0.292 e. The smallest absolute Gasteiger partial charge is 0.185 e. The summed E-state index contributed by atoms with van der Waals surface area (Å²) in [4.78, 5) is 15.5. The molecule has 0 saturated carbocycles. The predicted octanol–water partition coefficient (Wildman–Crippen LogP) is 6.17. The molecule has 186 valence electrons. The maximum atomic E-state index is 11.4. The van der Waals surface area contributed by atoms with Crippen LogP contribution in [-0.2, 0) is 17.6 Å². The highest BCUT2D eigenvalue weighted by molar-refractivity contribution is 6.47. The zero-order valence-corrected chi connectivity index (χ0v) is 21.5. The summed E-state index contributed by atoms with van der Waals surface area (Å²) in [5, 5.41) is 5.70. The second kappa shape index (κ2) is 11.0. The Morgan fingerprint density at radius 3 is 2.29 bits per heavy atom. The van der Waals surface area contributed by atoms with E-state index in [1.807, 2.05) is 30.3 Å². The first-order valence-corrected chi connectivity index (χ1v) is 13.5. The first kappa shape index (κ1) is 24.1. The summed E-state index contributed by atoms with van der Waals surface area (Å²) in [6, 6.07) is 34.0. The van der Waals surface area contributed by atoms with Gasteiger partial charge in [-0.2, -0.15) is 0 Å². The van der Waals surface area contributed by atoms with Crippen molar-refractivity contribution in [2.75, 3.05) is 0 Å². The zero-order chi connectivity index (χ0) is 25.7. The number of fused-ring (bicyclic) bond motifs is 4. The van der Waals surface area contributed by atoms with Gasteiger partial charge < -0.3 is 0 Å². The topological polar surface area (TPSA) is 29.4 Å². The highest BCUT2D eigenvalue weighted by Gasteiger charge is 2.21. The molecule has 3 aliphatic rings. The lowest BCUT2D eigenvalue weighted by molar-refractivity contribution is -0.112. The van der Waals surface area contributed by atoms with E-state index in [-0.39, 0.29) is 5.78 Å². The number of aliphatic imine (C=N–C) groups is 1. The molecule has 2 heteroatoms. The molecule has 0 amide bonds. The maximum Gasteiger partial charge on any atom is 0.185 e. The lowest BCUT2D eigenvalue weighted by Gasteiger charge is -2.25. The summed E-state index contributed by atoms with van der Waals surface area (Å²) in [5.74, 6) is 0.727. The molecule has 0 spiro atoms. The van der Waals surface area contributed by atoms with Crippen molar-refractivity contribution in [1.82, 2.24) is 0 Å². The van der Waals surface area contributed by atoms with Crippen LogP contribution in [0.15, 0.2) is 114 Å². The van der Waals surface area contributed by atoms with Crippen molar-refractivity contribution in [2.45, 2.75) is 38.0 Å². The molecule has 0 bridgehead atoms. The third-order valence-corrected chi connectivity index (χ3v) is 7.70. The first-order chi connectivity index (χ1) is 18.8. The van der Waals surface area contributed by atoms with Crippen molar-refractivity contribution < 1.29 is 4.79 Å². The molecule has 38 heavy (non-hydrogen) atoms. The van der Waals surface area contributed by atoms with Crippen LogP contribution < -0.4 is 10.4 Å². The average Bonchev–Trinajstić information content (AvgIpc) is 2.98. The highest BCUT2D eigenvalue weighted by atomic mass is 16.1. The Morgan fingerprint density at radius 1 is 0.711 bits per heavy atom. The van der Waals surface area contributed by atoms with Crippen LogP contribution in [0.4, 0.5) is 0 Å². The molecule has 1 aliphatic heterocycles. The molecule has 4 aromatic carbocycles. The van der Waals surface area contributed by atoms with E-state index in [1.54, 1.807) is 23.4 Å². The maximum absolute atomic E-state index is 11.4. The normalized spacial score (nSPS) is 16.9. The summed E-state index contributed by atoms with van der Waals surface area (Å²) in [6.07, 6.45) is 13.5. The van der Waals surface area contributed by atoms with Crippen LogP contribution in [-0.4, -0.2) is 11.5 Å². The summed E-state index contributed by atoms with van der Waals surface area (Å²) < 4.78 is 0. The van der Waals surface area contributed by atoms with Gasteiger partial charge >= 0.3 is 0 Å². The van der Waals surface area contributed by atoms with E-state index in [1.165, 1.54) is 39.3 Å². The van der Waals surface area contributed by atoms with Gasteiger partial charge in [-0.05, 0) is 69.2 Å². The molecule has 0 radical (unpaired) electrons. The van der Waals surface area contributed by atoms with Gasteiger partial charge in [0.15, 0.2) is 5.78 Å². The second-order valence-corrected chi connectivity index (χ2v) is 10.1. The van der Waals surface area contributed by atoms with Crippen molar-refractivity contribution in [2.24, 2.45) is 4.99 Å². The van der Waals surface area contributed by atoms with Crippen molar-refractivity contribution >= 4 is 23.6 Å². The number of benzene rings is 4. The number of hydrogen-bond donors (Lipinski definition) is 0. The minimum absolute atomic E-state index is 0.0914. The molecule has 0 N–H and O–H groups in total. The number of nitrogens with zero attached hydrogens (tertiary/aromatic N) is 1. The molecule has 7 rings (SSSR count). The molecule has 4 aromatic rings. The number of carbonyl (C=O) groups excluding carboxylic acids is 1. The summed E-state index contributed by atoms with van der Waals surface area (Å²) >= 11 is 0. The van der Waals surface area contributed by atoms with Crippen molar-refractivity contribution in [3.8, 4) is 0 Å². The fourth-order valence-corrected chi connectivity index (χ4v) is 5.92. The molecule has 2 nitrogen and oxygen atoms in total. The number of allylic oxidation sites excluding steroid dienone is 1. The first-order valence-electron chi connectivity index (χ1n) is 13.5. The van der Waals surface area contributed by atoms with Crippen LogP contribution in [0.25, 0.3) is 12.2 Å². The van der Waals surface area contributed by atoms with Gasteiger partial charge in [0, 0.05) is 18.2 Å². The van der Waals surface area contributed by atoms with Gasteiger partial charge in [-0.3, -0.25) is 9.79 Å². The lowest BCUT2D eigenvalue weighted by Crippen LogP contribution is -2.24. The van der Waals surface area contributed by atoms with Gasteiger partial charge in [-0.15, -0.1) is 0 Å². The van der Waals surface area contributed by atoms with Gasteiger partial charge in [0.25, 0.3) is 0 Å². The number of Topliss-reactive ketones (excluding diaryl/α,β-unsaturated/α-hetero) is 1. The van der Waals surface area contributed by atoms with E-state index >= 15 is 0 Å². The molecular weight excluding hydrogens is 462 g/mol. The SMILES string of the molecule is C1=c2ccc3c(c2C(Cc2ccccc2)CC1)CC=c1ccccc1=3.O=C1CC=CN=C1c1ccccc1. The fourth-order valence-electron chi connectivity index (χ4n) is 5.92. The summed E-state index contributed by atoms with van der Waals surface area (Å²) in [7, 11) is 0. The summed E-state index contributed by atoms with van der Waals surface area (Å²) in [6.45, 7) is 0. The number of rotatable bonds is 3. The van der Waals surface area contributed by atoms with E-state index in [2.05, 4.69) is 83.9 Å². The van der Waals surface area contributed by atoms with E-state index in [0.29, 0.717) is 18.1 Å². The van der Waals surface area contributed by atoms with Crippen molar-refractivity contribution in [1.29, 1.82) is 0 Å². The van der Waals surface area contributed by atoms with E-state index in [0.717, 1.165) is 18.4 Å². The number of hydrogen-bond acceptors (Lipinski definition) is 2. The third-order valence-electron chi connectivity index (χ3n) is 7.70. The van der Waals surface area contributed by atoms with Crippen molar-refractivity contribution in [3.05, 3.63) is 152 Å². The van der Waals surface area contributed by atoms with E-state index in [4.69, 9.17) is 0 Å². The van der Waals surface area contributed by atoms with Gasteiger partial charge in [0.1, 0.15) is 5.71 Å². The van der Waals surface area contributed by atoms with E-state index in [9.17, 15) is 4.79 Å². The third kappa shape index (κ3) is 4.95. The van der Waals surface area contributed by atoms with Crippen LogP contribution in [0.2, 0.25) is 0 Å². The number of carbonyl (C=O) groups is 1. The molecule has 1 atom stereocenters. The molecule has 0 saturated heterocycles. The number of ketones is 1.